The summed E-state index contributed by atoms with van der Waals surface area (Å²) in [6, 6.07) is 10.7. The smallest absolute Gasteiger partial charge is 0.259 e. The number of nitrogens with zero attached hydrogens (tertiary/aromatic N) is 1. The molecule has 7 nitrogen and oxygen atoms in total. The molecule has 2 aromatic rings. The van der Waals surface area contributed by atoms with Crippen LogP contribution in [0.5, 0.6) is 17.2 Å². The maximum absolute atomic E-state index is 14.1. The van der Waals surface area contributed by atoms with Crippen molar-refractivity contribution in [2.75, 3.05) is 13.4 Å². The maximum atomic E-state index is 14.1. The van der Waals surface area contributed by atoms with Crippen molar-refractivity contribution in [2.45, 2.75) is 44.1 Å². The van der Waals surface area contributed by atoms with E-state index in [0.29, 0.717) is 41.4 Å². The largest absolute Gasteiger partial charge is 0.484 e. The number of aliphatic hydroxyl groups is 2. The van der Waals surface area contributed by atoms with Gasteiger partial charge in [0.25, 0.3) is 5.91 Å². The predicted octanol–water partition coefficient (Wildman–Crippen LogP) is 3.60. The van der Waals surface area contributed by atoms with Gasteiger partial charge in [-0.25, -0.2) is 0 Å². The molecule has 7 heteroatoms. The van der Waals surface area contributed by atoms with Crippen molar-refractivity contribution in [1.82, 2.24) is 4.90 Å². The molecule has 0 bridgehead atoms. The van der Waals surface area contributed by atoms with E-state index in [0.717, 1.165) is 29.6 Å². The standard InChI is InChI=1S/C28H27NO6/c30-21-12-11-19-20-13-22-26(35-16-34-22)27(33-15-18-9-5-2-6-10-18)23(20)28(32)29(24(19)25(21)31)14-17-7-3-1-4-8-17/h1,3-5,7-11,13,21,24-25,30-31H,2,6,12,14-16H2/t21-,24-,25-/m1/s1. The molecule has 2 N–H and O–H groups in total. The van der Waals surface area contributed by atoms with E-state index in [1.54, 1.807) is 11.0 Å². The zero-order valence-electron chi connectivity index (χ0n) is 19.2. The van der Waals surface area contributed by atoms with Gasteiger partial charge in [0, 0.05) is 6.54 Å². The summed E-state index contributed by atoms with van der Waals surface area (Å²) in [6.07, 6.45) is 8.39. The monoisotopic (exact) mass is 473 g/mol. The predicted molar refractivity (Wildman–Crippen MR) is 129 cm³/mol. The normalized spacial score (nSPS) is 24.5. The van der Waals surface area contributed by atoms with E-state index in [1.807, 2.05) is 42.5 Å². The molecule has 0 saturated heterocycles. The highest BCUT2D eigenvalue weighted by atomic mass is 16.7. The summed E-state index contributed by atoms with van der Waals surface area (Å²) in [5.41, 5.74) is 3.81. The average molecular weight is 474 g/mol. The van der Waals surface area contributed by atoms with Crippen LogP contribution in [0.1, 0.15) is 40.7 Å². The van der Waals surface area contributed by atoms with Crippen LogP contribution in [0, 0.1) is 0 Å². The second-order valence-electron chi connectivity index (χ2n) is 9.23. The highest BCUT2D eigenvalue weighted by molar-refractivity contribution is 6.07. The van der Waals surface area contributed by atoms with Crippen molar-refractivity contribution in [3.05, 3.63) is 83.0 Å². The minimum atomic E-state index is -1.11. The molecule has 0 spiro atoms. The fourth-order valence-electron chi connectivity index (χ4n) is 5.26. The Bertz CT molecular complexity index is 1250. The summed E-state index contributed by atoms with van der Waals surface area (Å²) in [5, 5.41) is 21.5. The van der Waals surface area contributed by atoms with E-state index in [2.05, 4.69) is 12.2 Å². The van der Waals surface area contributed by atoms with Crippen LogP contribution < -0.4 is 14.2 Å². The first-order valence-corrected chi connectivity index (χ1v) is 12.0. The number of allylic oxidation sites excluding steroid dienone is 2. The Morgan fingerprint density at radius 2 is 1.94 bits per heavy atom. The van der Waals surface area contributed by atoms with Gasteiger partial charge >= 0.3 is 0 Å². The lowest BCUT2D eigenvalue weighted by atomic mass is 9.78. The molecule has 2 heterocycles. The fourth-order valence-corrected chi connectivity index (χ4v) is 5.26. The summed E-state index contributed by atoms with van der Waals surface area (Å²) in [4.78, 5) is 15.7. The van der Waals surface area contributed by atoms with Gasteiger partial charge in [-0.1, -0.05) is 54.6 Å². The van der Waals surface area contributed by atoms with Gasteiger partial charge in [0.2, 0.25) is 12.5 Å². The van der Waals surface area contributed by atoms with Gasteiger partial charge in [-0.2, -0.15) is 0 Å². The average Bonchev–Trinajstić information content (AvgIpc) is 3.36. The van der Waals surface area contributed by atoms with Crippen LogP contribution >= 0.6 is 0 Å². The number of rotatable bonds is 5. The van der Waals surface area contributed by atoms with E-state index in [4.69, 9.17) is 14.2 Å². The van der Waals surface area contributed by atoms with Crippen LogP contribution in [0.15, 0.2) is 66.3 Å². The zero-order chi connectivity index (χ0) is 23.9. The van der Waals surface area contributed by atoms with E-state index in [1.165, 1.54) is 0 Å². The minimum absolute atomic E-state index is 0.0446. The molecule has 2 aliphatic heterocycles. The molecule has 0 aromatic heterocycles. The Hall–Kier alpha value is -3.55. The third kappa shape index (κ3) is 3.81. The Morgan fingerprint density at radius 3 is 2.74 bits per heavy atom. The van der Waals surface area contributed by atoms with Crippen molar-refractivity contribution in [3.63, 3.8) is 0 Å². The molecule has 0 saturated carbocycles. The third-order valence-corrected chi connectivity index (χ3v) is 7.01. The Kier molecular flexibility index (Phi) is 5.59. The van der Waals surface area contributed by atoms with Crippen LogP contribution in [0.2, 0.25) is 0 Å². The van der Waals surface area contributed by atoms with E-state index < -0.39 is 18.2 Å². The van der Waals surface area contributed by atoms with Crippen LogP contribution in [-0.4, -0.2) is 52.7 Å². The molecule has 3 atom stereocenters. The van der Waals surface area contributed by atoms with Gasteiger partial charge in [0.1, 0.15) is 12.7 Å². The molecule has 1 amide bonds. The molecule has 180 valence electrons. The lowest BCUT2D eigenvalue weighted by Crippen LogP contribution is -2.55. The van der Waals surface area contributed by atoms with Crippen molar-refractivity contribution in [1.29, 1.82) is 0 Å². The maximum Gasteiger partial charge on any atom is 0.259 e. The number of carbonyl (C=O) groups excluding carboxylic acids is 1. The summed E-state index contributed by atoms with van der Waals surface area (Å²) >= 11 is 0. The summed E-state index contributed by atoms with van der Waals surface area (Å²) in [5.74, 6) is 1.02. The molecule has 35 heavy (non-hydrogen) atoms. The van der Waals surface area contributed by atoms with Gasteiger partial charge in [-0.15, -0.1) is 0 Å². The second-order valence-corrected chi connectivity index (χ2v) is 9.23. The molecular formula is C28H27NO6. The van der Waals surface area contributed by atoms with Crippen LogP contribution in [0.25, 0.3) is 5.57 Å². The highest BCUT2D eigenvalue weighted by Gasteiger charge is 2.47. The highest BCUT2D eigenvalue weighted by Crippen LogP contribution is 2.51. The van der Waals surface area contributed by atoms with Gasteiger partial charge < -0.3 is 29.3 Å². The first-order chi connectivity index (χ1) is 17.1. The Balaban J connectivity index is 1.47. The minimum Gasteiger partial charge on any atom is -0.484 e. The number of benzene rings is 2. The molecule has 6 rings (SSSR count). The zero-order valence-corrected chi connectivity index (χ0v) is 19.2. The quantitative estimate of drug-likeness (QED) is 0.690. The first-order valence-electron chi connectivity index (χ1n) is 12.0. The molecule has 0 unspecified atom stereocenters. The first kappa shape index (κ1) is 21.9. The number of carbonyl (C=O) groups is 1. The molecule has 2 aromatic carbocycles. The number of aliphatic hydroxyl groups excluding tert-OH is 2. The van der Waals surface area contributed by atoms with Crippen molar-refractivity contribution < 1.29 is 29.2 Å². The molecule has 0 radical (unpaired) electrons. The summed E-state index contributed by atoms with van der Waals surface area (Å²) in [6.45, 7) is 0.633. The van der Waals surface area contributed by atoms with E-state index in [-0.39, 0.29) is 19.2 Å². The number of hydrogen-bond donors (Lipinski definition) is 2. The van der Waals surface area contributed by atoms with E-state index in [9.17, 15) is 15.0 Å². The van der Waals surface area contributed by atoms with Gasteiger partial charge in [0.15, 0.2) is 11.5 Å². The van der Waals surface area contributed by atoms with Crippen molar-refractivity contribution in [2.24, 2.45) is 0 Å². The van der Waals surface area contributed by atoms with Crippen molar-refractivity contribution >= 4 is 11.5 Å². The molecule has 2 aliphatic carbocycles. The number of fused-ring (bicyclic) bond motifs is 4. The Labute approximate surface area is 203 Å². The number of ether oxygens (including phenoxy) is 3. The SMILES string of the molecule is O=C1c2c(cc3c(c2OCC2=CCCC=C2)OCO3)C2=CC[C@@H](O)[C@@H](O)[C@@H]2N1Cc1ccccc1. The number of amides is 1. The van der Waals surface area contributed by atoms with E-state index >= 15 is 0 Å². The Morgan fingerprint density at radius 1 is 1.09 bits per heavy atom. The topological polar surface area (TPSA) is 88.5 Å². The van der Waals surface area contributed by atoms with Crippen molar-refractivity contribution in [3.8, 4) is 17.2 Å². The fraction of sp³-hybridized carbons (Fsp3) is 0.321. The molecule has 4 aliphatic rings. The lowest BCUT2D eigenvalue weighted by molar-refractivity contribution is -0.0235. The van der Waals surface area contributed by atoms with Crippen LogP contribution in [0.4, 0.5) is 0 Å². The molecular weight excluding hydrogens is 446 g/mol. The molecule has 0 fully saturated rings. The van der Waals surface area contributed by atoms with Gasteiger partial charge in [-0.3, -0.25) is 4.79 Å². The van der Waals surface area contributed by atoms with Gasteiger partial charge in [-0.05, 0) is 47.6 Å². The third-order valence-electron chi connectivity index (χ3n) is 7.01. The lowest BCUT2D eigenvalue weighted by Gasteiger charge is -2.44. The number of hydrogen-bond acceptors (Lipinski definition) is 6. The van der Waals surface area contributed by atoms with Crippen LogP contribution in [-0.2, 0) is 6.54 Å². The second kappa shape index (κ2) is 8.91. The van der Waals surface area contributed by atoms with Gasteiger partial charge in [0.05, 0.1) is 17.7 Å². The van der Waals surface area contributed by atoms with Crippen LogP contribution in [0.3, 0.4) is 0 Å². The summed E-state index contributed by atoms with van der Waals surface area (Å²) in [7, 11) is 0. The summed E-state index contributed by atoms with van der Waals surface area (Å²) < 4.78 is 17.7.